The summed E-state index contributed by atoms with van der Waals surface area (Å²) in [5, 5.41) is 9.83. The number of aryl methyl sites for hydroxylation is 1. The van der Waals surface area contributed by atoms with Gasteiger partial charge in [0.25, 0.3) is 0 Å². The van der Waals surface area contributed by atoms with Crippen molar-refractivity contribution in [1.82, 2.24) is 30.1 Å². The van der Waals surface area contributed by atoms with Gasteiger partial charge in [0.15, 0.2) is 0 Å². The van der Waals surface area contributed by atoms with Crippen LogP contribution in [0.2, 0.25) is 0 Å². The van der Waals surface area contributed by atoms with E-state index in [4.69, 9.17) is 4.98 Å². The van der Waals surface area contributed by atoms with E-state index < -0.39 is 0 Å². The Kier molecular flexibility index (Phi) is 9.02. The van der Waals surface area contributed by atoms with E-state index in [1.807, 2.05) is 34.1 Å². The van der Waals surface area contributed by atoms with Crippen LogP contribution in [0.1, 0.15) is 41.1 Å². The van der Waals surface area contributed by atoms with Gasteiger partial charge in [-0.15, -0.1) is 11.3 Å². The average Bonchev–Trinajstić information content (AvgIpc) is 3.36. The lowest BCUT2D eigenvalue weighted by Gasteiger charge is -2.22. The standard InChI is InChI=1S/C34H36N6OS/c41-34(38-32-20-31(32)28-10-5-2-6-11-28)40(18-7-17-39-19-16-35-25-39)23-30-24-42-33(37-30)29-14-12-27(13-15-29)22-36-21-26-8-3-1-4-9-26/h1-6,8-16,19,24-25,31-32,36H,7,17-18,20-23H2,(H,38,41)/t31-,32+/m0/s1. The van der Waals surface area contributed by atoms with Crippen molar-refractivity contribution in [3.05, 3.63) is 131 Å². The fraction of sp³-hybridized carbons (Fsp3) is 0.265. The van der Waals surface area contributed by atoms with E-state index in [0.717, 1.165) is 48.7 Å². The van der Waals surface area contributed by atoms with E-state index in [-0.39, 0.29) is 12.1 Å². The minimum atomic E-state index is -0.0223. The van der Waals surface area contributed by atoms with Crippen LogP contribution >= 0.6 is 11.3 Å². The van der Waals surface area contributed by atoms with E-state index in [0.29, 0.717) is 19.0 Å². The summed E-state index contributed by atoms with van der Waals surface area (Å²) in [6, 6.07) is 29.6. The minimum Gasteiger partial charge on any atom is -0.337 e. The topological polar surface area (TPSA) is 75.1 Å². The van der Waals surface area contributed by atoms with E-state index in [1.54, 1.807) is 17.5 Å². The highest BCUT2D eigenvalue weighted by Gasteiger charge is 2.40. The predicted octanol–water partition coefficient (Wildman–Crippen LogP) is 6.45. The highest BCUT2D eigenvalue weighted by atomic mass is 32.1. The number of amides is 2. The van der Waals surface area contributed by atoms with Crippen LogP contribution in [0.15, 0.2) is 109 Å². The smallest absolute Gasteiger partial charge is 0.317 e. The van der Waals surface area contributed by atoms with Crippen molar-refractivity contribution in [3.63, 3.8) is 0 Å². The molecule has 0 unspecified atom stereocenters. The van der Waals surface area contributed by atoms with Gasteiger partial charge in [0.2, 0.25) is 0 Å². The first-order valence-electron chi connectivity index (χ1n) is 14.6. The molecule has 1 aliphatic carbocycles. The average molecular weight is 577 g/mol. The maximum absolute atomic E-state index is 13.4. The molecule has 0 spiro atoms. The lowest BCUT2D eigenvalue weighted by atomic mass is 10.1. The molecule has 0 aliphatic heterocycles. The van der Waals surface area contributed by atoms with E-state index in [9.17, 15) is 4.79 Å². The van der Waals surface area contributed by atoms with E-state index in [2.05, 4.69) is 93.8 Å². The van der Waals surface area contributed by atoms with Crippen molar-refractivity contribution in [1.29, 1.82) is 0 Å². The Labute approximate surface area is 251 Å². The molecule has 214 valence electrons. The second-order valence-electron chi connectivity index (χ2n) is 10.8. The molecule has 2 aromatic heterocycles. The summed E-state index contributed by atoms with van der Waals surface area (Å²) < 4.78 is 2.05. The number of benzene rings is 3. The van der Waals surface area contributed by atoms with Crippen molar-refractivity contribution >= 4 is 17.4 Å². The van der Waals surface area contributed by atoms with Crippen LogP contribution in [0.3, 0.4) is 0 Å². The van der Waals surface area contributed by atoms with Gasteiger partial charge < -0.3 is 20.1 Å². The normalized spacial score (nSPS) is 15.8. The highest BCUT2D eigenvalue weighted by molar-refractivity contribution is 7.13. The molecular weight excluding hydrogens is 540 g/mol. The van der Waals surface area contributed by atoms with Gasteiger partial charge in [0, 0.05) is 61.5 Å². The molecule has 6 rings (SSSR count). The summed E-state index contributed by atoms with van der Waals surface area (Å²) in [5.74, 6) is 0.394. The monoisotopic (exact) mass is 576 g/mol. The molecule has 5 aromatic rings. The third-order valence-electron chi connectivity index (χ3n) is 7.62. The van der Waals surface area contributed by atoms with Crippen molar-refractivity contribution < 1.29 is 4.79 Å². The summed E-state index contributed by atoms with van der Waals surface area (Å²) in [7, 11) is 0. The van der Waals surface area contributed by atoms with Gasteiger partial charge >= 0.3 is 6.03 Å². The van der Waals surface area contributed by atoms with Gasteiger partial charge in [-0.1, -0.05) is 84.9 Å². The fourth-order valence-corrected chi connectivity index (χ4v) is 6.03. The predicted molar refractivity (Wildman–Crippen MR) is 168 cm³/mol. The number of hydrogen-bond donors (Lipinski definition) is 2. The molecule has 1 saturated carbocycles. The van der Waals surface area contributed by atoms with Crippen LogP contribution < -0.4 is 10.6 Å². The van der Waals surface area contributed by atoms with Crippen LogP contribution in [0.5, 0.6) is 0 Å². The Morgan fingerprint density at radius 1 is 0.952 bits per heavy atom. The first-order chi connectivity index (χ1) is 20.7. The molecule has 1 fully saturated rings. The molecule has 2 heterocycles. The van der Waals surface area contributed by atoms with Crippen molar-refractivity contribution in [2.24, 2.45) is 0 Å². The molecule has 1 aliphatic rings. The Morgan fingerprint density at radius 3 is 2.43 bits per heavy atom. The molecule has 8 heteroatoms. The first-order valence-corrected chi connectivity index (χ1v) is 15.4. The minimum absolute atomic E-state index is 0.0223. The Bertz CT molecular complexity index is 1540. The van der Waals surface area contributed by atoms with Gasteiger partial charge in [-0.3, -0.25) is 0 Å². The molecule has 3 aromatic carbocycles. The zero-order valence-electron chi connectivity index (χ0n) is 23.6. The molecule has 2 atom stereocenters. The molecule has 0 bridgehead atoms. The van der Waals surface area contributed by atoms with Crippen LogP contribution in [-0.4, -0.2) is 38.1 Å². The second kappa shape index (κ2) is 13.6. The summed E-state index contributed by atoms with van der Waals surface area (Å²) in [4.78, 5) is 24.4. The Balaban J connectivity index is 1.05. The molecular formula is C34H36N6OS. The van der Waals surface area contributed by atoms with Gasteiger partial charge in [-0.25, -0.2) is 14.8 Å². The number of urea groups is 1. The summed E-state index contributed by atoms with van der Waals surface area (Å²) in [5.41, 5.74) is 5.81. The van der Waals surface area contributed by atoms with Crippen LogP contribution in [0, 0.1) is 0 Å². The number of carbonyl (C=O) groups excluding carboxylic acids is 1. The maximum atomic E-state index is 13.4. The number of thiazole rings is 1. The molecule has 0 radical (unpaired) electrons. The second-order valence-corrected chi connectivity index (χ2v) is 11.7. The number of rotatable bonds is 13. The highest BCUT2D eigenvalue weighted by Crippen LogP contribution is 2.40. The number of nitrogens with zero attached hydrogens (tertiary/aromatic N) is 4. The number of aromatic nitrogens is 3. The SMILES string of the molecule is O=C(N[C@@H]1C[C@H]1c1ccccc1)N(CCCn1ccnc1)Cc1csc(-c2ccc(CNCc3ccccc3)cc2)n1. The molecule has 7 nitrogen and oxygen atoms in total. The van der Waals surface area contributed by atoms with Gasteiger partial charge in [0.05, 0.1) is 18.6 Å². The summed E-state index contributed by atoms with van der Waals surface area (Å²) >= 11 is 1.63. The molecule has 0 saturated heterocycles. The maximum Gasteiger partial charge on any atom is 0.317 e. The van der Waals surface area contributed by atoms with E-state index in [1.165, 1.54) is 16.7 Å². The van der Waals surface area contributed by atoms with Crippen LogP contribution in [0.25, 0.3) is 10.6 Å². The number of hydrogen-bond acceptors (Lipinski definition) is 5. The number of carbonyl (C=O) groups is 1. The molecule has 42 heavy (non-hydrogen) atoms. The van der Waals surface area contributed by atoms with Gasteiger partial charge in [-0.2, -0.15) is 0 Å². The zero-order chi connectivity index (χ0) is 28.6. The summed E-state index contributed by atoms with van der Waals surface area (Å²) in [6.45, 7) is 3.60. The van der Waals surface area contributed by atoms with E-state index >= 15 is 0 Å². The van der Waals surface area contributed by atoms with Gasteiger partial charge in [-0.05, 0) is 29.5 Å². The lowest BCUT2D eigenvalue weighted by Crippen LogP contribution is -2.41. The molecule has 2 amide bonds. The Hall–Kier alpha value is -4.27. The zero-order valence-corrected chi connectivity index (χ0v) is 24.4. The molecule has 2 N–H and O–H groups in total. The first kappa shape index (κ1) is 27.9. The summed E-state index contributed by atoms with van der Waals surface area (Å²) in [6.07, 6.45) is 7.38. The van der Waals surface area contributed by atoms with Crippen molar-refractivity contribution in [3.8, 4) is 10.6 Å². The Morgan fingerprint density at radius 2 is 1.69 bits per heavy atom. The van der Waals surface area contributed by atoms with Crippen molar-refractivity contribution in [2.45, 2.75) is 51.0 Å². The van der Waals surface area contributed by atoms with Gasteiger partial charge in [0.1, 0.15) is 5.01 Å². The van der Waals surface area contributed by atoms with Crippen molar-refractivity contribution in [2.75, 3.05) is 6.54 Å². The fourth-order valence-electron chi connectivity index (χ4n) is 5.21. The largest absolute Gasteiger partial charge is 0.337 e. The third-order valence-corrected chi connectivity index (χ3v) is 8.56. The number of nitrogens with one attached hydrogen (secondary N) is 2. The van der Waals surface area contributed by atoms with Crippen LogP contribution in [-0.2, 0) is 26.2 Å². The van der Waals surface area contributed by atoms with Crippen LogP contribution in [0.4, 0.5) is 4.79 Å². The number of imidazole rings is 1. The third kappa shape index (κ3) is 7.51. The lowest BCUT2D eigenvalue weighted by molar-refractivity contribution is 0.192. The quantitative estimate of drug-likeness (QED) is 0.169.